The number of amides is 1. The van der Waals surface area contributed by atoms with E-state index >= 15 is 0 Å². The second-order valence-electron chi connectivity index (χ2n) is 5.60. The number of hydrogen-bond acceptors (Lipinski definition) is 4. The molecule has 0 aliphatic rings. The van der Waals surface area contributed by atoms with Gasteiger partial charge in [-0.05, 0) is 25.3 Å². The predicted octanol–water partition coefficient (Wildman–Crippen LogP) is 1.78. The molecule has 0 fully saturated rings. The lowest BCUT2D eigenvalue weighted by atomic mass is 9.80. The molecule has 0 radical (unpaired) electrons. The zero-order valence-corrected chi connectivity index (χ0v) is 11.8. The Kier molecular flexibility index (Phi) is 4.24. The number of anilines is 1. The molecule has 1 aromatic rings. The fourth-order valence-corrected chi connectivity index (χ4v) is 1.84. The van der Waals surface area contributed by atoms with Crippen molar-refractivity contribution in [2.45, 2.75) is 34.6 Å². The van der Waals surface area contributed by atoms with Gasteiger partial charge in [-0.15, -0.1) is 0 Å². The van der Waals surface area contributed by atoms with Crippen LogP contribution in [0, 0.1) is 25.2 Å². The van der Waals surface area contributed by atoms with Crippen LogP contribution in [0.3, 0.4) is 0 Å². The van der Waals surface area contributed by atoms with Crippen LogP contribution < -0.4 is 5.32 Å². The maximum atomic E-state index is 12.1. The smallest absolute Gasteiger partial charge is 0.316 e. The molecular weight excluding hydrogens is 246 g/mol. The molecule has 19 heavy (non-hydrogen) atoms. The van der Waals surface area contributed by atoms with Crippen LogP contribution in [0.2, 0.25) is 0 Å². The van der Waals surface area contributed by atoms with Crippen LogP contribution in [0.25, 0.3) is 0 Å². The summed E-state index contributed by atoms with van der Waals surface area (Å²) in [5.41, 5.74) is 0.741. The van der Waals surface area contributed by atoms with Gasteiger partial charge in [0, 0.05) is 11.4 Å². The highest BCUT2D eigenvalue weighted by atomic mass is 16.4. The summed E-state index contributed by atoms with van der Waals surface area (Å²) < 4.78 is 0. The molecule has 104 valence electrons. The minimum absolute atomic E-state index is 0.137. The normalized spacial score (nSPS) is 12.9. The van der Waals surface area contributed by atoms with Gasteiger partial charge in [0.25, 0.3) is 0 Å². The first kappa shape index (κ1) is 15.1. The molecule has 6 heteroatoms. The lowest BCUT2D eigenvalue weighted by molar-refractivity contribution is -0.149. The number of nitrogens with zero attached hydrogens (tertiary/aromatic N) is 2. The largest absolute Gasteiger partial charge is 0.481 e. The van der Waals surface area contributed by atoms with E-state index in [0.29, 0.717) is 11.4 Å². The Balaban J connectivity index is 2.97. The minimum Gasteiger partial charge on any atom is -0.481 e. The summed E-state index contributed by atoms with van der Waals surface area (Å²) >= 11 is 0. The standard InChI is InChI=1S/C13H19N3O3/c1-7-6-8(2)15-12(14-7)16-10(17)9(11(18)19)13(3,4)5/h6,9H,1-5H3,(H,18,19)(H,14,15,16,17). The van der Waals surface area contributed by atoms with E-state index < -0.39 is 23.2 Å². The van der Waals surface area contributed by atoms with Crippen molar-refractivity contribution >= 4 is 17.8 Å². The van der Waals surface area contributed by atoms with Gasteiger partial charge in [-0.3, -0.25) is 14.9 Å². The second kappa shape index (κ2) is 5.34. The Bertz CT molecular complexity index is 486. The summed E-state index contributed by atoms with van der Waals surface area (Å²) in [5, 5.41) is 11.6. The van der Waals surface area contributed by atoms with Crippen LogP contribution in [0.4, 0.5) is 5.95 Å². The number of aryl methyl sites for hydroxylation is 2. The number of carboxylic acid groups (broad SMARTS) is 1. The Labute approximate surface area is 112 Å². The second-order valence-corrected chi connectivity index (χ2v) is 5.60. The summed E-state index contributed by atoms with van der Waals surface area (Å²) in [6.07, 6.45) is 0. The number of rotatable bonds is 3. The molecule has 0 aromatic carbocycles. The van der Waals surface area contributed by atoms with Gasteiger partial charge in [-0.2, -0.15) is 0 Å². The molecule has 1 unspecified atom stereocenters. The topological polar surface area (TPSA) is 92.2 Å². The number of hydrogen-bond donors (Lipinski definition) is 2. The van der Waals surface area contributed by atoms with Crippen molar-refractivity contribution in [2.75, 3.05) is 5.32 Å². The van der Waals surface area contributed by atoms with Gasteiger partial charge in [-0.25, -0.2) is 9.97 Å². The van der Waals surface area contributed by atoms with Crippen molar-refractivity contribution in [3.8, 4) is 0 Å². The molecule has 2 N–H and O–H groups in total. The van der Waals surface area contributed by atoms with Gasteiger partial charge in [0.1, 0.15) is 5.92 Å². The minimum atomic E-state index is -1.16. The zero-order valence-electron chi connectivity index (χ0n) is 11.8. The Hall–Kier alpha value is -1.98. The third-order valence-corrected chi connectivity index (χ3v) is 2.59. The van der Waals surface area contributed by atoms with Crippen molar-refractivity contribution in [1.29, 1.82) is 0 Å². The van der Waals surface area contributed by atoms with E-state index in [4.69, 9.17) is 5.11 Å². The van der Waals surface area contributed by atoms with E-state index in [-0.39, 0.29) is 5.95 Å². The number of aromatic nitrogens is 2. The monoisotopic (exact) mass is 265 g/mol. The van der Waals surface area contributed by atoms with Crippen LogP contribution in [0.5, 0.6) is 0 Å². The molecule has 1 atom stereocenters. The molecule has 0 spiro atoms. The number of carbonyl (C=O) groups excluding carboxylic acids is 1. The third kappa shape index (κ3) is 4.01. The predicted molar refractivity (Wildman–Crippen MR) is 70.7 cm³/mol. The Morgan fingerprint density at radius 2 is 1.68 bits per heavy atom. The molecule has 0 saturated carbocycles. The average Bonchev–Trinajstić information content (AvgIpc) is 2.10. The lowest BCUT2D eigenvalue weighted by Crippen LogP contribution is -2.39. The number of carboxylic acids is 1. The molecule has 1 aromatic heterocycles. The first-order valence-corrected chi connectivity index (χ1v) is 5.97. The molecule has 0 aliphatic heterocycles. The van der Waals surface area contributed by atoms with Crippen molar-refractivity contribution in [3.05, 3.63) is 17.5 Å². The van der Waals surface area contributed by atoms with Gasteiger partial charge in [0.2, 0.25) is 11.9 Å². The van der Waals surface area contributed by atoms with Gasteiger partial charge < -0.3 is 5.11 Å². The summed E-state index contributed by atoms with van der Waals surface area (Å²) in [4.78, 5) is 31.4. The molecule has 1 heterocycles. The first-order valence-electron chi connectivity index (χ1n) is 5.97. The summed E-state index contributed by atoms with van der Waals surface area (Å²) in [5.74, 6) is -2.78. The Morgan fingerprint density at radius 3 is 2.05 bits per heavy atom. The van der Waals surface area contributed by atoms with E-state index in [0.717, 1.165) is 0 Å². The van der Waals surface area contributed by atoms with Crippen LogP contribution in [-0.4, -0.2) is 27.0 Å². The highest BCUT2D eigenvalue weighted by molar-refractivity contribution is 6.04. The van der Waals surface area contributed by atoms with Crippen LogP contribution in [0.1, 0.15) is 32.2 Å². The highest BCUT2D eigenvalue weighted by Gasteiger charge is 2.38. The molecule has 0 saturated heterocycles. The fourth-order valence-electron chi connectivity index (χ4n) is 1.84. The maximum Gasteiger partial charge on any atom is 0.316 e. The summed E-state index contributed by atoms with van der Waals surface area (Å²) in [7, 11) is 0. The summed E-state index contributed by atoms with van der Waals surface area (Å²) in [6.45, 7) is 8.67. The highest BCUT2D eigenvalue weighted by Crippen LogP contribution is 2.27. The van der Waals surface area contributed by atoms with Gasteiger partial charge in [0.15, 0.2) is 0 Å². The SMILES string of the molecule is Cc1cc(C)nc(NC(=O)C(C(=O)O)C(C)(C)C)n1. The maximum absolute atomic E-state index is 12.1. The van der Waals surface area contributed by atoms with Gasteiger partial charge >= 0.3 is 5.97 Å². The summed E-state index contributed by atoms with van der Waals surface area (Å²) in [6, 6.07) is 1.77. The third-order valence-electron chi connectivity index (χ3n) is 2.59. The first-order chi connectivity index (χ1) is 8.61. The van der Waals surface area contributed by atoms with Crippen molar-refractivity contribution in [3.63, 3.8) is 0 Å². The van der Waals surface area contributed by atoms with E-state index in [1.807, 2.05) is 0 Å². The molecule has 0 bridgehead atoms. The quantitative estimate of drug-likeness (QED) is 0.813. The van der Waals surface area contributed by atoms with E-state index in [9.17, 15) is 9.59 Å². The van der Waals surface area contributed by atoms with Crippen molar-refractivity contribution in [1.82, 2.24) is 9.97 Å². The van der Waals surface area contributed by atoms with Gasteiger partial charge in [0.05, 0.1) is 0 Å². The van der Waals surface area contributed by atoms with E-state index in [1.165, 1.54) is 0 Å². The fraction of sp³-hybridized carbons (Fsp3) is 0.538. The lowest BCUT2D eigenvalue weighted by Gasteiger charge is -2.25. The van der Waals surface area contributed by atoms with Crippen molar-refractivity contribution < 1.29 is 14.7 Å². The molecule has 6 nitrogen and oxygen atoms in total. The molecular formula is C13H19N3O3. The van der Waals surface area contributed by atoms with Gasteiger partial charge in [-0.1, -0.05) is 20.8 Å². The molecule has 0 aliphatic carbocycles. The Morgan fingerprint density at radius 1 is 1.21 bits per heavy atom. The van der Waals surface area contributed by atoms with Crippen LogP contribution in [0.15, 0.2) is 6.07 Å². The van der Waals surface area contributed by atoms with E-state index in [1.54, 1.807) is 40.7 Å². The van der Waals surface area contributed by atoms with Crippen LogP contribution in [-0.2, 0) is 9.59 Å². The zero-order chi connectivity index (χ0) is 14.8. The number of carbonyl (C=O) groups is 2. The van der Waals surface area contributed by atoms with Crippen molar-refractivity contribution in [2.24, 2.45) is 11.3 Å². The van der Waals surface area contributed by atoms with E-state index in [2.05, 4.69) is 15.3 Å². The van der Waals surface area contributed by atoms with Crippen LogP contribution >= 0.6 is 0 Å². The molecule has 1 amide bonds. The average molecular weight is 265 g/mol. The molecule has 1 rings (SSSR count). The number of nitrogens with one attached hydrogen (secondary N) is 1. The number of aliphatic carboxylic acids is 1.